The van der Waals surface area contributed by atoms with E-state index in [2.05, 4.69) is 0 Å². The van der Waals surface area contributed by atoms with E-state index >= 15 is 0 Å². The van der Waals surface area contributed by atoms with Gasteiger partial charge in [-0.1, -0.05) is 0 Å². The average molecular weight is 162 g/mol. The highest BCUT2D eigenvalue weighted by Gasteiger charge is 2.35. The van der Waals surface area contributed by atoms with E-state index in [1.807, 2.05) is 0 Å². The number of hydrogen-bond donors (Lipinski definition) is 4. The largest absolute Gasteiger partial charge is 0.396 e. The lowest BCUT2D eigenvalue weighted by Crippen LogP contribution is -2.47. The average Bonchev–Trinajstić information content (AvgIpc) is 2.01. The molecule has 0 unspecified atom stereocenters. The lowest BCUT2D eigenvalue weighted by atomic mass is 9.83. The molecule has 4 nitrogen and oxygen atoms in total. The van der Waals surface area contributed by atoms with Crippen LogP contribution in [0.25, 0.3) is 0 Å². The molecular weight excluding hydrogens is 148 g/mol. The Labute approximate surface area is 65.1 Å². The van der Waals surface area contributed by atoms with E-state index in [1.54, 1.807) is 0 Å². The van der Waals surface area contributed by atoms with Crippen molar-refractivity contribution in [3.05, 3.63) is 0 Å². The predicted molar refractivity (Wildman–Crippen MR) is 37.8 cm³/mol. The van der Waals surface area contributed by atoms with Gasteiger partial charge in [-0.2, -0.15) is 0 Å². The Morgan fingerprint density at radius 3 is 2.18 bits per heavy atom. The molecule has 1 fully saturated rings. The zero-order valence-electron chi connectivity index (χ0n) is 6.22. The molecule has 0 aromatic carbocycles. The molecule has 1 rings (SSSR count). The van der Waals surface area contributed by atoms with Crippen LogP contribution in [0.4, 0.5) is 0 Å². The highest BCUT2D eigenvalue weighted by Crippen LogP contribution is 2.24. The molecule has 0 bridgehead atoms. The highest BCUT2D eigenvalue weighted by atomic mass is 16.4. The van der Waals surface area contributed by atoms with Crippen LogP contribution in [-0.4, -0.2) is 45.3 Å². The SMILES string of the molecule is OC[C@@H]1CC[C@H](O)[C@@H](O)[C@@H]1O. The smallest absolute Gasteiger partial charge is 0.106 e. The molecule has 0 amide bonds. The molecular formula is C7H14O4. The zero-order chi connectivity index (χ0) is 8.43. The maximum absolute atomic E-state index is 9.24. The normalized spacial score (nSPS) is 45.8. The minimum Gasteiger partial charge on any atom is -0.396 e. The topological polar surface area (TPSA) is 80.9 Å². The quantitative estimate of drug-likeness (QED) is 0.377. The molecule has 1 aliphatic rings. The third kappa shape index (κ3) is 1.70. The zero-order valence-corrected chi connectivity index (χ0v) is 6.22. The van der Waals surface area contributed by atoms with Gasteiger partial charge in [0.2, 0.25) is 0 Å². The van der Waals surface area contributed by atoms with Crippen molar-refractivity contribution in [1.29, 1.82) is 0 Å². The van der Waals surface area contributed by atoms with Crippen LogP contribution in [0.2, 0.25) is 0 Å². The van der Waals surface area contributed by atoms with Crippen LogP contribution in [0.1, 0.15) is 12.8 Å². The van der Waals surface area contributed by atoms with Crippen molar-refractivity contribution < 1.29 is 20.4 Å². The van der Waals surface area contributed by atoms with E-state index in [0.29, 0.717) is 12.8 Å². The monoisotopic (exact) mass is 162 g/mol. The van der Waals surface area contributed by atoms with Gasteiger partial charge in [0.1, 0.15) is 6.10 Å². The molecule has 0 saturated heterocycles. The summed E-state index contributed by atoms with van der Waals surface area (Å²) in [5.41, 5.74) is 0. The Hall–Kier alpha value is -0.160. The highest BCUT2D eigenvalue weighted by molar-refractivity contribution is 4.86. The van der Waals surface area contributed by atoms with Gasteiger partial charge in [-0.3, -0.25) is 0 Å². The van der Waals surface area contributed by atoms with E-state index in [4.69, 9.17) is 15.3 Å². The molecule has 66 valence electrons. The van der Waals surface area contributed by atoms with Crippen LogP contribution in [-0.2, 0) is 0 Å². The molecule has 0 heterocycles. The van der Waals surface area contributed by atoms with Crippen LogP contribution >= 0.6 is 0 Å². The Balaban J connectivity index is 2.52. The van der Waals surface area contributed by atoms with Crippen molar-refractivity contribution >= 4 is 0 Å². The lowest BCUT2D eigenvalue weighted by molar-refractivity contribution is -0.118. The summed E-state index contributed by atoms with van der Waals surface area (Å²) in [5, 5.41) is 36.2. The first kappa shape index (κ1) is 8.93. The van der Waals surface area contributed by atoms with Crippen LogP contribution in [0.15, 0.2) is 0 Å². The second kappa shape index (κ2) is 3.49. The number of rotatable bonds is 1. The molecule has 0 radical (unpaired) electrons. The lowest BCUT2D eigenvalue weighted by Gasteiger charge is -2.33. The summed E-state index contributed by atoms with van der Waals surface area (Å²) < 4.78 is 0. The van der Waals surface area contributed by atoms with Crippen LogP contribution in [0, 0.1) is 5.92 Å². The third-order valence-corrected chi connectivity index (χ3v) is 2.29. The Kier molecular flexibility index (Phi) is 2.84. The maximum atomic E-state index is 9.24. The third-order valence-electron chi connectivity index (χ3n) is 2.29. The Morgan fingerprint density at radius 1 is 1.00 bits per heavy atom. The Morgan fingerprint density at radius 2 is 1.64 bits per heavy atom. The van der Waals surface area contributed by atoms with Crippen LogP contribution in [0.3, 0.4) is 0 Å². The first-order chi connectivity index (χ1) is 5.16. The van der Waals surface area contributed by atoms with E-state index in [9.17, 15) is 5.11 Å². The summed E-state index contributed by atoms with van der Waals surface area (Å²) in [6.07, 6.45) is -1.91. The van der Waals surface area contributed by atoms with Gasteiger partial charge in [0.25, 0.3) is 0 Å². The molecule has 1 saturated carbocycles. The standard InChI is InChI=1S/C7H14O4/c8-3-4-1-2-5(9)7(11)6(4)10/h4-11H,1-3H2/t4-,5-,6+,7+/m0/s1. The summed E-state index contributed by atoms with van der Waals surface area (Å²) in [7, 11) is 0. The number of hydrogen-bond acceptors (Lipinski definition) is 4. The van der Waals surface area contributed by atoms with Gasteiger partial charge in [-0.25, -0.2) is 0 Å². The minimum atomic E-state index is -1.10. The minimum absolute atomic E-state index is 0.134. The van der Waals surface area contributed by atoms with Crippen molar-refractivity contribution in [3.63, 3.8) is 0 Å². The summed E-state index contributed by atoms with van der Waals surface area (Å²) >= 11 is 0. The van der Waals surface area contributed by atoms with Crippen LogP contribution < -0.4 is 0 Å². The molecule has 4 heteroatoms. The molecule has 4 N–H and O–H groups in total. The second-order valence-electron chi connectivity index (χ2n) is 3.07. The number of aliphatic hydroxyl groups is 4. The van der Waals surface area contributed by atoms with Gasteiger partial charge in [-0.15, -0.1) is 0 Å². The van der Waals surface area contributed by atoms with Gasteiger partial charge in [-0.05, 0) is 12.8 Å². The fourth-order valence-corrected chi connectivity index (χ4v) is 1.43. The summed E-state index contributed by atoms with van der Waals surface area (Å²) in [6.45, 7) is -0.134. The fraction of sp³-hybridized carbons (Fsp3) is 1.00. The van der Waals surface area contributed by atoms with Crippen molar-refractivity contribution in [2.45, 2.75) is 31.2 Å². The van der Waals surface area contributed by atoms with Crippen molar-refractivity contribution in [2.75, 3.05) is 6.61 Å². The fourth-order valence-electron chi connectivity index (χ4n) is 1.43. The summed E-state index contributed by atoms with van der Waals surface area (Å²) in [6, 6.07) is 0. The van der Waals surface area contributed by atoms with Gasteiger partial charge in [0.15, 0.2) is 0 Å². The first-order valence-electron chi connectivity index (χ1n) is 3.82. The van der Waals surface area contributed by atoms with E-state index in [1.165, 1.54) is 0 Å². The van der Waals surface area contributed by atoms with Gasteiger partial charge >= 0.3 is 0 Å². The van der Waals surface area contributed by atoms with E-state index in [-0.39, 0.29) is 12.5 Å². The van der Waals surface area contributed by atoms with E-state index < -0.39 is 18.3 Å². The van der Waals surface area contributed by atoms with E-state index in [0.717, 1.165) is 0 Å². The molecule has 11 heavy (non-hydrogen) atoms. The molecule has 1 aliphatic carbocycles. The molecule has 0 aromatic rings. The summed E-state index contributed by atoms with van der Waals surface area (Å²) in [4.78, 5) is 0. The van der Waals surface area contributed by atoms with Gasteiger partial charge in [0.05, 0.1) is 12.2 Å². The summed E-state index contributed by atoms with van der Waals surface area (Å²) in [5.74, 6) is -0.284. The van der Waals surface area contributed by atoms with Crippen molar-refractivity contribution in [3.8, 4) is 0 Å². The molecule has 0 aliphatic heterocycles. The van der Waals surface area contributed by atoms with Crippen molar-refractivity contribution in [2.24, 2.45) is 5.92 Å². The molecule has 0 aromatic heterocycles. The number of aliphatic hydroxyl groups excluding tert-OH is 4. The molecule has 4 atom stereocenters. The van der Waals surface area contributed by atoms with Gasteiger partial charge < -0.3 is 20.4 Å². The van der Waals surface area contributed by atoms with Crippen LogP contribution in [0.5, 0.6) is 0 Å². The first-order valence-corrected chi connectivity index (χ1v) is 3.82. The molecule has 0 spiro atoms. The van der Waals surface area contributed by atoms with Gasteiger partial charge in [0, 0.05) is 12.5 Å². The predicted octanol–water partition coefficient (Wildman–Crippen LogP) is -1.53. The second-order valence-corrected chi connectivity index (χ2v) is 3.07. The maximum Gasteiger partial charge on any atom is 0.106 e. The Bertz CT molecular complexity index is 126. The van der Waals surface area contributed by atoms with Crippen molar-refractivity contribution in [1.82, 2.24) is 0 Å².